The number of aryl methyl sites for hydroxylation is 1. The maximum absolute atomic E-state index is 12.7. The summed E-state index contributed by atoms with van der Waals surface area (Å²) in [6, 6.07) is 2.99. The molecule has 0 radical (unpaired) electrons. The number of hydrogen-bond donors (Lipinski definition) is 0. The van der Waals surface area contributed by atoms with E-state index in [1.165, 1.54) is 0 Å². The van der Waals surface area contributed by atoms with Crippen LogP contribution in [0.4, 0.5) is 0 Å². The highest BCUT2D eigenvalue weighted by atomic mass is 16.2. The van der Waals surface area contributed by atoms with Crippen molar-refractivity contribution in [2.75, 3.05) is 20.1 Å². The molecule has 25 heavy (non-hydrogen) atoms. The van der Waals surface area contributed by atoms with E-state index in [0.717, 1.165) is 38.2 Å². The molecule has 132 valence electrons. The third-order valence-electron chi connectivity index (χ3n) is 5.61. The summed E-state index contributed by atoms with van der Waals surface area (Å²) in [5.74, 6) is 0.519. The highest BCUT2D eigenvalue weighted by molar-refractivity contribution is 5.92. The van der Waals surface area contributed by atoms with Gasteiger partial charge in [-0.05, 0) is 38.8 Å². The van der Waals surface area contributed by atoms with Crippen molar-refractivity contribution in [3.63, 3.8) is 0 Å². The fraction of sp³-hybridized carbons (Fsp3) is 0.556. The molecule has 2 saturated heterocycles. The summed E-state index contributed by atoms with van der Waals surface area (Å²) in [4.78, 5) is 25.6. The van der Waals surface area contributed by atoms with Gasteiger partial charge in [-0.3, -0.25) is 19.4 Å². The zero-order chi connectivity index (χ0) is 17.4. The van der Waals surface area contributed by atoms with E-state index in [-0.39, 0.29) is 5.91 Å². The average molecular weight is 340 g/mol. The van der Waals surface area contributed by atoms with Crippen LogP contribution in [-0.2, 0) is 6.54 Å². The number of piperidine rings is 1. The van der Waals surface area contributed by atoms with Gasteiger partial charge in [0.05, 0.1) is 18.4 Å². The number of carbonyl (C=O) groups excluding carboxylic acids is 1. The lowest BCUT2D eigenvalue weighted by Crippen LogP contribution is -2.48. The lowest BCUT2D eigenvalue weighted by atomic mass is 9.92. The van der Waals surface area contributed by atoms with Crippen molar-refractivity contribution in [1.82, 2.24) is 29.5 Å². The van der Waals surface area contributed by atoms with Gasteiger partial charge in [0, 0.05) is 43.8 Å². The van der Waals surface area contributed by atoms with Gasteiger partial charge in [-0.25, -0.2) is 4.98 Å². The molecule has 0 aliphatic carbocycles. The number of carbonyl (C=O) groups is 1. The van der Waals surface area contributed by atoms with Crippen molar-refractivity contribution in [3.05, 3.63) is 42.2 Å². The number of aromatic nitrogens is 4. The van der Waals surface area contributed by atoms with E-state index in [0.29, 0.717) is 23.7 Å². The zero-order valence-corrected chi connectivity index (χ0v) is 14.7. The Balaban J connectivity index is 1.42. The first-order valence-corrected chi connectivity index (χ1v) is 8.89. The molecule has 0 N–H and O–H groups in total. The van der Waals surface area contributed by atoms with Crippen LogP contribution in [0.5, 0.6) is 0 Å². The van der Waals surface area contributed by atoms with Crippen LogP contribution in [0.1, 0.15) is 29.0 Å². The molecular weight excluding hydrogens is 316 g/mol. The molecular formula is C18H24N6O. The summed E-state index contributed by atoms with van der Waals surface area (Å²) in [7, 11) is 2.21. The molecule has 2 aromatic heterocycles. The Hall–Kier alpha value is -2.28. The highest BCUT2D eigenvalue weighted by Crippen LogP contribution is 2.35. The van der Waals surface area contributed by atoms with Gasteiger partial charge in [0.2, 0.25) is 0 Å². The summed E-state index contributed by atoms with van der Waals surface area (Å²) >= 11 is 0. The lowest BCUT2D eigenvalue weighted by molar-refractivity contribution is 0.0601. The predicted octanol–water partition coefficient (Wildman–Crippen LogP) is 1.22. The van der Waals surface area contributed by atoms with Crippen molar-refractivity contribution >= 4 is 5.91 Å². The third-order valence-corrected chi connectivity index (χ3v) is 5.61. The van der Waals surface area contributed by atoms with Crippen molar-refractivity contribution in [1.29, 1.82) is 0 Å². The normalized spacial score (nSPS) is 26.6. The van der Waals surface area contributed by atoms with E-state index in [9.17, 15) is 4.79 Å². The van der Waals surface area contributed by atoms with Crippen molar-refractivity contribution in [2.24, 2.45) is 5.92 Å². The Kier molecular flexibility index (Phi) is 4.25. The minimum Gasteiger partial charge on any atom is -0.337 e. The van der Waals surface area contributed by atoms with Crippen LogP contribution in [0.15, 0.2) is 30.9 Å². The van der Waals surface area contributed by atoms with Gasteiger partial charge in [0.25, 0.3) is 5.91 Å². The largest absolute Gasteiger partial charge is 0.337 e. The number of amides is 1. The number of hydrogen-bond acceptors (Lipinski definition) is 5. The van der Waals surface area contributed by atoms with E-state index < -0.39 is 0 Å². The first-order valence-electron chi connectivity index (χ1n) is 8.89. The Bertz CT molecular complexity index is 729. The molecule has 2 aromatic rings. The Morgan fingerprint density at radius 1 is 1.32 bits per heavy atom. The van der Waals surface area contributed by atoms with Gasteiger partial charge in [0.15, 0.2) is 0 Å². The maximum atomic E-state index is 12.7. The second-order valence-electron chi connectivity index (χ2n) is 7.19. The second kappa shape index (κ2) is 6.55. The molecule has 2 fully saturated rings. The van der Waals surface area contributed by atoms with E-state index in [2.05, 4.69) is 27.0 Å². The maximum Gasteiger partial charge on any atom is 0.274 e. The molecule has 0 spiro atoms. The molecule has 7 nitrogen and oxygen atoms in total. The van der Waals surface area contributed by atoms with E-state index in [1.54, 1.807) is 12.4 Å². The summed E-state index contributed by atoms with van der Waals surface area (Å²) in [5, 5.41) is 4.33. The molecule has 0 bridgehead atoms. The molecule has 4 rings (SSSR count). The Morgan fingerprint density at radius 3 is 2.92 bits per heavy atom. The standard InChI is InChI=1S/C18H24N6O/c1-13-9-20-16(10-19-13)18(25)23-7-4-17-14(11-23)8-15(22(17)2)12-24-6-3-5-21-24/h3,5-6,9-10,14-15,17H,4,7-8,11-12H2,1-2H3/t14-,15+,17+/m1/s1. The molecule has 3 atom stereocenters. The van der Waals surface area contributed by atoms with Crippen LogP contribution in [0, 0.1) is 12.8 Å². The second-order valence-corrected chi connectivity index (χ2v) is 7.19. The van der Waals surface area contributed by atoms with Gasteiger partial charge in [-0.1, -0.05) is 0 Å². The van der Waals surface area contributed by atoms with Crippen LogP contribution in [-0.4, -0.2) is 67.7 Å². The van der Waals surface area contributed by atoms with Crippen LogP contribution in [0.25, 0.3) is 0 Å². The lowest BCUT2D eigenvalue weighted by Gasteiger charge is -2.37. The van der Waals surface area contributed by atoms with Crippen LogP contribution in [0.2, 0.25) is 0 Å². The van der Waals surface area contributed by atoms with Crippen LogP contribution in [0.3, 0.4) is 0 Å². The SMILES string of the molecule is Cc1cnc(C(=O)N2CC[C@H]3[C@H](C[C@@H](Cn4cccn4)N3C)C2)cn1. The minimum atomic E-state index is 0.00382. The van der Waals surface area contributed by atoms with Gasteiger partial charge in [-0.15, -0.1) is 0 Å². The molecule has 4 heterocycles. The van der Waals surface area contributed by atoms with Gasteiger partial charge >= 0.3 is 0 Å². The number of nitrogens with zero attached hydrogens (tertiary/aromatic N) is 6. The minimum absolute atomic E-state index is 0.00382. The predicted molar refractivity (Wildman–Crippen MR) is 93.0 cm³/mol. The quantitative estimate of drug-likeness (QED) is 0.840. The fourth-order valence-electron chi connectivity index (χ4n) is 4.25. The molecule has 7 heteroatoms. The van der Waals surface area contributed by atoms with Crippen molar-refractivity contribution < 1.29 is 4.79 Å². The molecule has 0 aromatic carbocycles. The summed E-state index contributed by atoms with van der Waals surface area (Å²) in [6.45, 7) is 4.38. The Labute approximate surface area is 147 Å². The molecule has 2 aliphatic rings. The average Bonchev–Trinajstić information content (AvgIpc) is 3.24. The molecule has 0 saturated carbocycles. The number of likely N-dealkylation sites (N-methyl/N-ethyl adjacent to an activating group) is 1. The number of fused-ring (bicyclic) bond motifs is 1. The third kappa shape index (κ3) is 3.16. The smallest absolute Gasteiger partial charge is 0.274 e. The summed E-state index contributed by atoms with van der Waals surface area (Å²) in [5.41, 5.74) is 1.28. The monoisotopic (exact) mass is 340 g/mol. The topological polar surface area (TPSA) is 67.2 Å². The highest BCUT2D eigenvalue weighted by Gasteiger charge is 2.43. The van der Waals surface area contributed by atoms with E-state index in [4.69, 9.17) is 0 Å². The van der Waals surface area contributed by atoms with Gasteiger partial charge in [0.1, 0.15) is 5.69 Å². The van der Waals surface area contributed by atoms with Gasteiger partial charge in [-0.2, -0.15) is 5.10 Å². The van der Waals surface area contributed by atoms with Crippen LogP contribution < -0.4 is 0 Å². The number of likely N-dealkylation sites (tertiary alicyclic amines) is 2. The van der Waals surface area contributed by atoms with Crippen LogP contribution >= 0.6 is 0 Å². The summed E-state index contributed by atoms with van der Waals surface area (Å²) in [6.07, 6.45) is 9.20. The molecule has 1 amide bonds. The van der Waals surface area contributed by atoms with E-state index >= 15 is 0 Å². The summed E-state index contributed by atoms with van der Waals surface area (Å²) < 4.78 is 2.00. The number of rotatable bonds is 3. The fourth-order valence-corrected chi connectivity index (χ4v) is 4.25. The first kappa shape index (κ1) is 16.2. The van der Waals surface area contributed by atoms with Crippen molar-refractivity contribution in [3.8, 4) is 0 Å². The van der Waals surface area contributed by atoms with Gasteiger partial charge < -0.3 is 4.90 Å². The zero-order valence-electron chi connectivity index (χ0n) is 14.7. The molecule has 2 aliphatic heterocycles. The first-order chi connectivity index (χ1) is 12.1. The van der Waals surface area contributed by atoms with Crippen molar-refractivity contribution in [2.45, 2.75) is 38.4 Å². The van der Waals surface area contributed by atoms with E-state index in [1.807, 2.05) is 35.0 Å². The molecule has 0 unspecified atom stereocenters. The Morgan fingerprint density at radius 2 is 2.20 bits per heavy atom.